The van der Waals surface area contributed by atoms with E-state index in [4.69, 9.17) is 4.43 Å². The summed E-state index contributed by atoms with van der Waals surface area (Å²) in [5.74, 6) is -1.03. The van der Waals surface area contributed by atoms with Gasteiger partial charge in [0, 0.05) is 18.5 Å². The Morgan fingerprint density at radius 3 is 1.96 bits per heavy atom. The molecular formula is C23H33F2NOSi. The monoisotopic (exact) mass is 405 g/mol. The lowest BCUT2D eigenvalue weighted by Gasteiger charge is -2.35. The molecule has 0 amide bonds. The number of rotatable bonds is 10. The zero-order valence-corrected chi connectivity index (χ0v) is 18.8. The van der Waals surface area contributed by atoms with Crippen LogP contribution in [0.3, 0.4) is 0 Å². The SMILES string of the molecule is CC[Si](CC)(CC)OC(CCCc1cc(F)cc(F)c1)c1c(C)cncc1C. The number of hydrogen-bond acceptors (Lipinski definition) is 2. The number of benzene rings is 1. The van der Waals surface area contributed by atoms with Crippen LogP contribution < -0.4 is 0 Å². The van der Waals surface area contributed by atoms with E-state index in [1.807, 2.05) is 12.4 Å². The van der Waals surface area contributed by atoms with Gasteiger partial charge in [-0.15, -0.1) is 0 Å². The molecule has 0 N–H and O–H groups in total. The zero-order chi connectivity index (χ0) is 20.7. The second-order valence-corrected chi connectivity index (χ2v) is 12.4. The van der Waals surface area contributed by atoms with Crippen molar-refractivity contribution in [1.29, 1.82) is 0 Å². The Bertz CT molecular complexity index is 728. The molecule has 0 aliphatic carbocycles. The van der Waals surface area contributed by atoms with Crippen molar-refractivity contribution in [2.45, 2.75) is 78.1 Å². The van der Waals surface area contributed by atoms with Gasteiger partial charge in [-0.2, -0.15) is 0 Å². The van der Waals surface area contributed by atoms with Crippen molar-refractivity contribution in [2.75, 3.05) is 0 Å². The van der Waals surface area contributed by atoms with E-state index in [1.165, 1.54) is 17.7 Å². The van der Waals surface area contributed by atoms with Crippen molar-refractivity contribution < 1.29 is 13.2 Å². The predicted molar refractivity (Wildman–Crippen MR) is 114 cm³/mol. The molecule has 2 nitrogen and oxygen atoms in total. The first-order valence-electron chi connectivity index (χ1n) is 10.4. The maximum atomic E-state index is 13.5. The first-order valence-corrected chi connectivity index (χ1v) is 12.9. The van der Waals surface area contributed by atoms with E-state index < -0.39 is 20.0 Å². The molecule has 0 radical (unpaired) electrons. The molecule has 1 atom stereocenters. The van der Waals surface area contributed by atoms with Crippen LogP contribution in [0.4, 0.5) is 8.78 Å². The molecule has 0 aliphatic heterocycles. The van der Waals surface area contributed by atoms with Gasteiger partial charge in [-0.1, -0.05) is 20.8 Å². The van der Waals surface area contributed by atoms with E-state index in [-0.39, 0.29) is 6.10 Å². The molecule has 1 aromatic heterocycles. The van der Waals surface area contributed by atoms with Crippen molar-refractivity contribution in [3.63, 3.8) is 0 Å². The fraction of sp³-hybridized carbons (Fsp3) is 0.522. The van der Waals surface area contributed by atoms with Crippen molar-refractivity contribution in [2.24, 2.45) is 0 Å². The smallest absolute Gasteiger partial charge is 0.192 e. The largest absolute Gasteiger partial charge is 0.410 e. The van der Waals surface area contributed by atoms with Gasteiger partial charge in [0.15, 0.2) is 8.32 Å². The lowest BCUT2D eigenvalue weighted by molar-refractivity contribution is 0.175. The molecular weight excluding hydrogens is 372 g/mol. The molecule has 1 heterocycles. The van der Waals surface area contributed by atoms with Crippen LogP contribution in [-0.2, 0) is 10.8 Å². The normalized spacial score (nSPS) is 13.0. The highest BCUT2D eigenvalue weighted by Crippen LogP contribution is 2.35. The highest BCUT2D eigenvalue weighted by atomic mass is 28.4. The van der Waals surface area contributed by atoms with Crippen molar-refractivity contribution in [1.82, 2.24) is 4.98 Å². The van der Waals surface area contributed by atoms with Gasteiger partial charge in [0.05, 0.1) is 6.10 Å². The van der Waals surface area contributed by atoms with Gasteiger partial charge in [0.2, 0.25) is 0 Å². The average Bonchev–Trinajstić information content (AvgIpc) is 2.65. The van der Waals surface area contributed by atoms with Gasteiger partial charge in [0.1, 0.15) is 11.6 Å². The van der Waals surface area contributed by atoms with Gasteiger partial charge < -0.3 is 4.43 Å². The maximum Gasteiger partial charge on any atom is 0.192 e. The minimum atomic E-state index is -1.80. The summed E-state index contributed by atoms with van der Waals surface area (Å²) in [6, 6.07) is 7.04. The summed E-state index contributed by atoms with van der Waals surface area (Å²) >= 11 is 0. The third kappa shape index (κ3) is 5.71. The Labute approximate surface area is 169 Å². The molecule has 0 aliphatic rings. The summed E-state index contributed by atoms with van der Waals surface area (Å²) in [7, 11) is -1.80. The van der Waals surface area contributed by atoms with Gasteiger partial charge >= 0.3 is 0 Å². The van der Waals surface area contributed by atoms with Crippen LogP contribution in [0, 0.1) is 25.5 Å². The van der Waals surface area contributed by atoms with Crippen molar-refractivity contribution in [3.05, 3.63) is 64.5 Å². The standard InChI is InChI=1S/C23H33F2NOSi/c1-6-28(7-2,8-3)27-22(23-17(4)15-26-16-18(23)5)11-9-10-19-12-20(24)14-21(25)13-19/h12-16,22H,6-11H2,1-5H3. The summed E-state index contributed by atoms with van der Waals surface area (Å²) in [5.41, 5.74) is 4.22. The molecule has 2 rings (SSSR count). The summed E-state index contributed by atoms with van der Waals surface area (Å²) in [6.45, 7) is 10.9. The van der Waals surface area contributed by atoms with Crippen LogP contribution in [0.1, 0.15) is 62.0 Å². The summed E-state index contributed by atoms with van der Waals surface area (Å²) in [4.78, 5) is 4.30. The molecule has 28 heavy (non-hydrogen) atoms. The molecule has 0 saturated heterocycles. The van der Waals surface area contributed by atoms with Crippen LogP contribution in [-0.4, -0.2) is 13.3 Å². The van der Waals surface area contributed by atoms with Gasteiger partial charge in [-0.25, -0.2) is 8.78 Å². The molecule has 2 aromatic rings. The third-order valence-electron chi connectivity index (χ3n) is 5.89. The average molecular weight is 406 g/mol. The van der Waals surface area contributed by atoms with E-state index in [9.17, 15) is 8.78 Å². The van der Waals surface area contributed by atoms with Gasteiger partial charge in [0.25, 0.3) is 0 Å². The maximum absolute atomic E-state index is 13.5. The highest BCUT2D eigenvalue weighted by Gasteiger charge is 2.33. The Hall–Kier alpha value is -1.59. The number of nitrogens with zero attached hydrogens (tertiary/aromatic N) is 1. The van der Waals surface area contributed by atoms with Crippen molar-refractivity contribution >= 4 is 8.32 Å². The number of halogens is 2. The van der Waals surface area contributed by atoms with E-state index >= 15 is 0 Å². The summed E-state index contributed by atoms with van der Waals surface area (Å²) in [6.07, 6.45) is 6.08. The molecule has 1 aromatic carbocycles. The molecule has 0 spiro atoms. The van der Waals surface area contributed by atoms with E-state index in [1.54, 1.807) is 0 Å². The fourth-order valence-electron chi connectivity index (χ4n) is 4.03. The number of hydrogen-bond donors (Lipinski definition) is 0. The first-order chi connectivity index (χ1) is 13.3. The zero-order valence-electron chi connectivity index (χ0n) is 17.8. The molecule has 0 bridgehead atoms. The second kappa shape index (κ2) is 10.3. The fourth-order valence-corrected chi connectivity index (χ4v) is 6.87. The molecule has 5 heteroatoms. The lowest BCUT2D eigenvalue weighted by atomic mass is 9.96. The number of aryl methyl sites for hydroxylation is 3. The van der Waals surface area contributed by atoms with Crippen LogP contribution in [0.15, 0.2) is 30.6 Å². The summed E-state index contributed by atoms with van der Waals surface area (Å²) in [5, 5.41) is 0. The lowest BCUT2D eigenvalue weighted by Crippen LogP contribution is -2.37. The van der Waals surface area contributed by atoms with Crippen LogP contribution >= 0.6 is 0 Å². The first kappa shape index (κ1) is 22.7. The summed E-state index contributed by atoms with van der Waals surface area (Å²) < 4.78 is 33.8. The van der Waals surface area contributed by atoms with Crippen LogP contribution in [0.5, 0.6) is 0 Å². The second-order valence-electron chi connectivity index (χ2n) is 7.71. The van der Waals surface area contributed by atoms with E-state index in [0.717, 1.165) is 48.2 Å². The van der Waals surface area contributed by atoms with Crippen molar-refractivity contribution in [3.8, 4) is 0 Å². The minimum absolute atomic E-state index is 0.00734. The molecule has 0 saturated carbocycles. The predicted octanol–water partition coefficient (Wildman–Crippen LogP) is 7.06. The third-order valence-corrected chi connectivity index (χ3v) is 10.5. The molecule has 154 valence electrons. The molecule has 1 unspecified atom stereocenters. The topological polar surface area (TPSA) is 22.1 Å². The number of pyridine rings is 1. The van der Waals surface area contributed by atoms with E-state index in [0.29, 0.717) is 12.0 Å². The quantitative estimate of drug-likeness (QED) is 0.395. The highest BCUT2D eigenvalue weighted by molar-refractivity contribution is 6.73. The molecule has 0 fully saturated rings. The van der Waals surface area contributed by atoms with Gasteiger partial charge in [-0.3, -0.25) is 4.98 Å². The Balaban J connectivity index is 2.23. The number of aromatic nitrogens is 1. The Kier molecular flexibility index (Phi) is 8.32. The Morgan fingerprint density at radius 2 is 1.46 bits per heavy atom. The van der Waals surface area contributed by atoms with Crippen LogP contribution in [0.25, 0.3) is 0 Å². The Morgan fingerprint density at radius 1 is 0.929 bits per heavy atom. The minimum Gasteiger partial charge on any atom is -0.410 e. The van der Waals surface area contributed by atoms with Crippen LogP contribution in [0.2, 0.25) is 18.1 Å². The van der Waals surface area contributed by atoms with Gasteiger partial charge in [-0.05, 0) is 85.6 Å². The van der Waals surface area contributed by atoms with E-state index in [2.05, 4.69) is 39.6 Å².